The van der Waals surface area contributed by atoms with Crippen LogP contribution in [0.5, 0.6) is 0 Å². The maximum Gasteiger partial charge on any atom is 0.407 e. The highest BCUT2D eigenvalue weighted by Crippen LogP contribution is 2.44. The first kappa shape index (κ1) is 22.9. The first-order valence-electron chi connectivity index (χ1n) is 10.6. The predicted molar refractivity (Wildman–Crippen MR) is 119 cm³/mol. The number of carboxylic acid groups (broad SMARTS) is 1. The van der Waals surface area contributed by atoms with Gasteiger partial charge in [-0.15, -0.1) is 5.10 Å². The van der Waals surface area contributed by atoms with Crippen LogP contribution in [-0.4, -0.2) is 62.4 Å². The maximum atomic E-state index is 12.3. The first-order chi connectivity index (χ1) is 16.5. The zero-order valence-corrected chi connectivity index (χ0v) is 18.0. The van der Waals surface area contributed by atoms with Gasteiger partial charge in [0.05, 0.1) is 19.3 Å². The topological polar surface area (TPSA) is 156 Å². The van der Waals surface area contributed by atoms with Crippen molar-refractivity contribution < 1.29 is 29.3 Å². The Morgan fingerprint density at radius 3 is 2.32 bits per heavy atom. The molecule has 1 aromatic heterocycles. The molecule has 1 atom stereocenters. The van der Waals surface area contributed by atoms with Crippen molar-refractivity contribution in [3.05, 3.63) is 71.5 Å². The standard InChI is InChI=1S/C23H23N5O6/c29-12-20(22(31)32)25-21(30)11-28-10-14(26-27-28)9-24-23(33)34-13-19-17-7-3-1-5-15(17)16-6-2-4-8-18(16)19/h1-8,10,19-20,29H,9,11-13H2,(H,24,33)(H,25,30)(H,31,32). The highest BCUT2D eigenvalue weighted by molar-refractivity contribution is 5.83. The quantitative estimate of drug-likeness (QED) is 0.363. The smallest absolute Gasteiger partial charge is 0.407 e. The van der Waals surface area contributed by atoms with Crippen LogP contribution in [-0.2, 0) is 27.4 Å². The van der Waals surface area contributed by atoms with Gasteiger partial charge in [-0.25, -0.2) is 14.3 Å². The molecule has 1 aliphatic rings. The molecule has 2 amide bonds. The van der Waals surface area contributed by atoms with E-state index in [2.05, 4.69) is 33.1 Å². The van der Waals surface area contributed by atoms with E-state index in [4.69, 9.17) is 14.9 Å². The summed E-state index contributed by atoms with van der Waals surface area (Å²) < 4.78 is 6.66. The molecule has 0 bridgehead atoms. The lowest BCUT2D eigenvalue weighted by atomic mass is 9.98. The van der Waals surface area contributed by atoms with E-state index in [0.717, 1.165) is 22.3 Å². The number of hydrogen-bond acceptors (Lipinski definition) is 7. The summed E-state index contributed by atoms with van der Waals surface area (Å²) in [5.41, 5.74) is 4.90. The summed E-state index contributed by atoms with van der Waals surface area (Å²) in [5.74, 6) is -2.05. The number of nitrogens with one attached hydrogen (secondary N) is 2. The van der Waals surface area contributed by atoms with Crippen molar-refractivity contribution in [3.8, 4) is 11.1 Å². The zero-order chi connectivity index (χ0) is 24.1. The van der Waals surface area contributed by atoms with Crippen LogP contribution in [0.1, 0.15) is 22.7 Å². The van der Waals surface area contributed by atoms with E-state index in [0.29, 0.717) is 5.69 Å². The lowest BCUT2D eigenvalue weighted by Crippen LogP contribution is -2.44. The predicted octanol–water partition coefficient (Wildman–Crippen LogP) is 0.879. The average Bonchev–Trinajstić information content (AvgIpc) is 3.41. The molecule has 0 aliphatic heterocycles. The Kier molecular flexibility index (Phi) is 6.83. The number of aliphatic carboxylic acids is 1. The van der Waals surface area contributed by atoms with Gasteiger partial charge in [0.25, 0.3) is 0 Å². The molecule has 2 aromatic carbocycles. The lowest BCUT2D eigenvalue weighted by Gasteiger charge is -2.14. The number of ether oxygens (including phenoxy) is 1. The van der Waals surface area contributed by atoms with E-state index in [-0.39, 0.29) is 25.6 Å². The van der Waals surface area contributed by atoms with Gasteiger partial charge in [0.1, 0.15) is 24.9 Å². The lowest BCUT2D eigenvalue weighted by molar-refractivity contribution is -0.143. The Bertz CT molecular complexity index is 1160. The third-order valence-electron chi connectivity index (χ3n) is 5.47. The molecular weight excluding hydrogens is 442 g/mol. The summed E-state index contributed by atoms with van der Waals surface area (Å²) in [4.78, 5) is 35.0. The van der Waals surface area contributed by atoms with Gasteiger partial charge in [-0.05, 0) is 22.3 Å². The summed E-state index contributed by atoms with van der Waals surface area (Å²) in [7, 11) is 0. The highest BCUT2D eigenvalue weighted by Gasteiger charge is 2.29. The molecule has 1 heterocycles. The monoisotopic (exact) mass is 465 g/mol. The van der Waals surface area contributed by atoms with Gasteiger partial charge in [-0.3, -0.25) is 4.79 Å². The maximum absolute atomic E-state index is 12.3. The third kappa shape index (κ3) is 5.04. The molecule has 4 N–H and O–H groups in total. The molecule has 0 radical (unpaired) electrons. The Morgan fingerprint density at radius 2 is 1.71 bits per heavy atom. The molecule has 11 nitrogen and oxygen atoms in total. The van der Waals surface area contributed by atoms with Crippen LogP contribution in [0, 0.1) is 0 Å². The van der Waals surface area contributed by atoms with E-state index >= 15 is 0 Å². The Balaban J connectivity index is 1.27. The summed E-state index contributed by atoms with van der Waals surface area (Å²) in [5, 5.41) is 30.2. The van der Waals surface area contributed by atoms with Crippen molar-refractivity contribution in [2.45, 2.75) is 25.0 Å². The molecule has 1 aliphatic carbocycles. The van der Waals surface area contributed by atoms with Gasteiger partial charge in [0.15, 0.2) is 0 Å². The largest absolute Gasteiger partial charge is 0.480 e. The molecule has 176 valence electrons. The number of benzene rings is 2. The van der Waals surface area contributed by atoms with Crippen LogP contribution in [0.4, 0.5) is 4.79 Å². The highest BCUT2D eigenvalue weighted by atomic mass is 16.5. The van der Waals surface area contributed by atoms with Gasteiger partial charge in [0, 0.05) is 5.92 Å². The van der Waals surface area contributed by atoms with E-state index in [1.807, 2.05) is 36.4 Å². The molecule has 0 saturated carbocycles. The average molecular weight is 465 g/mol. The van der Waals surface area contributed by atoms with Gasteiger partial charge in [-0.1, -0.05) is 53.7 Å². The van der Waals surface area contributed by atoms with E-state index in [1.165, 1.54) is 10.9 Å². The van der Waals surface area contributed by atoms with Crippen molar-refractivity contribution in [2.24, 2.45) is 0 Å². The molecule has 3 aromatic rings. The molecule has 0 fully saturated rings. The number of rotatable bonds is 9. The van der Waals surface area contributed by atoms with E-state index in [9.17, 15) is 14.4 Å². The van der Waals surface area contributed by atoms with Gasteiger partial charge < -0.3 is 25.6 Å². The fourth-order valence-corrected chi connectivity index (χ4v) is 3.88. The summed E-state index contributed by atoms with van der Waals surface area (Å²) in [6.07, 6.45) is 0.833. The molecule has 1 unspecified atom stereocenters. The second-order valence-corrected chi connectivity index (χ2v) is 7.73. The van der Waals surface area contributed by atoms with Gasteiger partial charge in [0.2, 0.25) is 5.91 Å². The minimum atomic E-state index is -1.40. The second-order valence-electron chi connectivity index (χ2n) is 7.73. The number of carbonyl (C=O) groups is 3. The number of hydrogen-bond donors (Lipinski definition) is 4. The number of aromatic nitrogens is 3. The van der Waals surface area contributed by atoms with Crippen molar-refractivity contribution in [1.82, 2.24) is 25.6 Å². The number of carboxylic acids is 1. The molecular formula is C23H23N5O6. The molecule has 34 heavy (non-hydrogen) atoms. The fraction of sp³-hybridized carbons (Fsp3) is 0.261. The summed E-state index contributed by atoms with van der Waals surface area (Å²) >= 11 is 0. The number of aliphatic hydroxyl groups is 1. The number of nitrogens with zero attached hydrogens (tertiary/aromatic N) is 3. The molecule has 0 saturated heterocycles. The van der Waals surface area contributed by atoms with E-state index in [1.54, 1.807) is 0 Å². The van der Waals surface area contributed by atoms with Crippen LogP contribution in [0.3, 0.4) is 0 Å². The van der Waals surface area contributed by atoms with Crippen LogP contribution in [0.2, 0.25) is 0 Å². The fourth-order valence-electron chi connectivity index (χ4n) is 3.88. The summed E-state index contributed by atoms with van der Waals surface area (Å²) in [6, 6.07) is 14.7. The Labute approximate surface area is 194 Å². The van der Waals surface area contributed by atoms with Crippen LogP contribution < -0.4 is 10.6 Å². The first-order valence-corrected chi connectivity index (χ1v) is 10.6. The van der Waals surface area contributed by atoms with Gasteiger partial charge >= 0.3 is 12.1 Å². The normalized spacial score (nSPS) is 13.0. The van der Waals surface area contributed by atoms with Gasteiger partial charge in [-0.2, -0.15) is 0 Å². The Morgan fingerprint density at radius 1 is 1.06 bits per heavy atom. The molecule has 11 heteroatoms. The van der Waals surface area contributed by atoms with Crippen molar-refractivity contribution in [2.75, 3.05) is 13.2 Å². The van der Waals surface area contributed by atoms with Crippen molar-refractivity contribution in [3.63, 3.8) is 0 Å². The van der Waals surface area contributed by atoms with Crippen LogP contribution >= 0.6 is 0 Å². The number of amides is 2. The van der Waals surface area contributed by atoms with Crippen LogP contribution in [0.25, 0.3) is 11.1 Å². The molecule has 4 rings (SSSR count). The second kappa shape index (κ2) is 10.1. The summed E-state index contributed by atoms with van der Waals surface area (Å²) in [6.45, 7) is -0.801. The number of alkyl carbamates (subject to hydrolysis) is 1. The third-order valence-corrected chi connectivity index (χ3v) is 5.47. The zero-order valence-electron chi connectivity index (χ0n) is 18.0. The number of aliphatic hydroxyl groups excluding tert-OH is 1. The Hall–Kier alpha value is -4.25. The minimum Gasteiger partial charge on any atom is -0.480 e. The van der Waals surface area contributed by atoms with E-state index < -0.39 is 30.6 Å². The van der Waals surface area contributed by atoms with Crippen molar-refractivity contribution >= 4 is 18.0 Å². The molecule has 0 spiro atoms. The minimum absolute atomic E-state index is 0.0344. The number of fused-ring (bicyclic) bond motifs is 3. The number of carbonyl (C=O) groups excluding carboxylic acids is 2. The van der Waals surface area contributed by atoms with Crippen LogP contribution in [0.15, 0.2) is 54.7 Å². The van der Waals surface area contributed by atoms with Crippen molar-refractivity contribution in [1.29, 1.82) is 0 Å². The SMILES string of the molecule is O=C(Cn1cc(CNC(=O)OCC2c3ccccc3-c3ccccc32)nn1)NC(CO)C(=O)O.